The van der Waals surface area contributed by atoms with Crippen molar-refractivity contribution in [1.29, 1.82) is 0 Å². The first-order valence-corrected chi connectivity index (χ1v) is 18.7. The predicted octanol–water partition coefficient (Wildman–Crippen LogP) is 7.90. The summed E-state index contributed by atoms with van der Waals surface area (Å²) in [6.45, 7) is 8.80. The maximum Gasteiger partial charge on any atom is 0.573 e. The molecule has 10 nitrogen and oxygen atoms in total. The van der Waals surface area contributed by atoms with Crippen LogP contribution in [0.15, 0.2) is 54.1 Å². The molecular formula is C39H36ClF3N4O6S. The Hall–Kier alpha value is -4.69. The van der Waals surface area contributed by atoms with Gasteiger partial charge in [0.2, 0.25) is 23.6 Å². The molecule has 4 heterocycles. The van der Waals surface area contributed by atoms with Crippen LogP contribution >= 0.6 is 22.9 Å². The van der Waals surface area contributed by atoms with Gasteiger partial charge in [0.15, 0.2) is 0 Å². The molecule has 54 heavy (non-hydrogen) atoms. The highest BCUT2D eigenvalue weighted by Gasteiger charge is 2.68. The van der Waals surface area contributed by atoms with Gasteiger partial charge >= 0.3 is 6.36 Å². The van der Waals surface area contributed by atoms with Crippen LogP contribution in [0.4, 0.5) is 19.0 Å². The second kappa shape index (κ2) is 11.9. The molecule has 0 bridgehead atoms. The van der Waals surface area contributed by atoms with Gasteiger partial charge in [-0.15, -0.1) is 24.5 Å². The summed E-state index contributed by atoms with van der Waals surface area (Å²) >= 11 is 7.76. The van der Waals surface area contributed by atoms with Crippen LogP contribution in [0.1, 0.15) is 57.6 Å². The summed E-state index contributed by atoms with van der Waals surface area (Å²) in [4.78, 5) is 60.8. The van der Waals surface area contributed by atoms with Gasteiger partial charge in [0, 0.05) is 39.9 Å². The number of aryl methyl sites for hydroxylation is 2. The lowest BCUT2D eigenvalue weighted by molar-refractivity contribution is -0.274. The number of hydrogen-bond acceptors (Lipinski definition) is 8. The first-order valence-electron chi connectivity index (χ1n) is 17.5. The summed E-state index contributed by atoms with van der Waals surface area (Å²) in [5.74, 6) is -7.35. The number of aromatic hydroxyl groups is 1. The Kier molecular flexibility index (Phi) is 8.00. The molecule has 15 heteroatoms. The zero-order valence-corrected chi connectivity index (χ0v) is 31.7. The number of thiophene rings is 1. The number of amides is 4. The molecule has 3 fully saturated rings. The fraction of sp³-hybridized carbons (Fsp3) is 0.410. The van der Waals surface area contributed by atoms with Crippen molar-refractivity contribution in [2.75, 3.05) is 4.90 Å². The molecule has 4 aromatic rings. The second-order valence-corrected chi connectivity index (χ2v) is 17.3. The van der Waals surface area contributed by atoms with Crippen molar-refractivity contribution in [3.8, 4) is 22.1 Å². The molecule has 8 rings (SSSR count). The number of alkyl halides is 3. The molecule has 2 aliphatic carbocycles. The number of phenols is 1. The van der Waals surface area contributed by atoms with Crippen molar-refractivity contribution in [2.24, 2.45) is 36.1 Å². The van der Waals surface area contributed by atoms with E-state index in [1.165, 1.54) is 20.9 Å². The van der Waals surface area contributed by atoms with Crippen LogP contribution in [-0.4, -0.2) is 55.3 Å². The number of ether oxygens (including phenoxy) is 1. The molecule has 6 atom stereocenters. The van der Waals surface area contributed by atoms with E-state index in [0.717, 1.165) is 43.6 Å². The molecule has 2 aliphatic heterocycles. The van der Waals surface area contributed by atoms with Crippen molar-refractivity contribution in [3.05, 3.63) is 70.3 Å². The number of allylic oxidation sites excluding steroid dienone is 2. The number of nitrogens with zero attached hydrogens (tertiary/aromatic N) is 4. The van der Waals surface area contributed by atoms with Gasteiger partial charge in [0.25, 0.3) is 0 Å². The first kappa shape index (κ1) is 36.3. The van der Waals surface area contributed by atoms with Gasteiger partial charge in [-0.25, -0.2) is 4.90 Å². The highest BCUT2D eigenvalue weighted by atomic mass is 35.5. The van der Waals surface area contributed by atoms with Gasteiger partial charge in [-0.3, -0.25) is 28.8 Å². The monoisotopic (exact) mass is 780 g/mol. The smallest absolute Gasteiger partial charge is 0.508 e. The largest absolute Gasteiger partial charge is 0.573 e. The van der Waals surface area contributed by atoms with E-state index in [4.69, 9.17) is 16.7 Å². The number of likely N-dealkylation sites (tertiary alicyclic amines) is 1. The fourth-order valence-electron chi connectivity index (χ4n) is 9.42. The van der Waals surface area contributed by atoms with Crippen molar-refractivity contribution in [2.45, 2.75) is 65.3 Å². The van der Waals surface area contributed by atoms with E-state index >= 15 is 4.79 Å². The second-order valence-electron chi connectivity index (χ2n) is 15.8. The third-order valence-electron chi connectivity index (χ3n) is 11.7. The number of carbonyl (C=O) groups excluding carboxylic acids is 4. The number of aromatic nitrogens is 2. The van der Waals surface area contributed by atoms with Crippen LogP contribution in [0, 0.1) is 36.0 Å². The predicted molar refractivity (Wildman–Crippen MR) is 195 cm³/mol. The Balaban J connectivity index is 1.27. The average molecular weight is 781 g/mol. The number of phenolic OH excluding ortho intramolecular Hbond substituents is 1. The fourth-order valence-corrected chi connectivity index (χ4v) is 10.7. The SMILES string of the molecule is Cc1c(-c2cc(N3C(=O)[C@@H]4C[C@@H]5C(=CC[C@@H]6C(=O)N(C(C)(C)C)C(=O)[C@@H]65)[C@H](c5cc(OC(F)(F)F)ccc5O)[C@]4(C)C3=O)n(C)n2)sc2ccc(Cl)cc12. The zero-order chi connectivity index (χ0) is 39.0. The summed E-state index contributed by atoms with van der Waals surface area (Å²) in [5, 5.41) is 17.6. The average Bonchev–Trinajstić information content (AvgIpc) is 3.75. The third kappa shape index (κ3) is 5.23. The van der Waals surface area contributed by atoms with Gasteiger partial charge in [0.05, 0.1) is 28.0 Å². The molecule has 0 unspecified atom stereocenters. The van der Waals surface area contributed by atoms with Gasteiger partial charge < -0.3 is 9.84 Å². The van der Waals surface area contributed by atoms with E-state index in [0.29, 0.717) is 16.3 Å². The van der Waals surface area contributed by atoms with Gasteiger partial charge in [0.1, 0.15) is 23.0 Å². The van der Waals surface area contributed by atoms with Crippen molar-refractivity contribution in [1.82, 2.24) is 14.7 Å². The number of imide groups is 2. The van der Waals surface area contributed by atoms with Crippen LogP contribution in [0.3, 0.4) is 0 Å². The summed E-state index contributed by atoms with van der Waals surface area (Å²) in [7, 11) is 1.61. The highest BCUT2D eigenvalue weighted by molar-refractivity contribution is 7.22. The lowest BCUT2D eigenvalue weighted by Crippen LogP contribution is -2.49. The minimum Gasteiger partial charge on any atom is -0.508 e. The van der Waals surface area contributed by atoms with Gasteiger partial charge in [-0.05, 0) is 101 Å². The van der Waals surface area contributed by atoms with E-state index in [-0.39, 0.29) is 30.1 Å². The lowest BCUT2D eigenvalue weighted by atomic mass is 9.51. The molecule has 1 N–H and O–H groups in total. The maximum absolute atomic E-state index is 15.0. The van der Waals surface area contributed by atoms with Crippen molar-refractivity contribution in [3.63, 3.8) is 0 Å². The van der Waals surface area contributed by atoms with Crippen LogP contribution < -0.4 is 9.64 Å². The summed E-state index contributed by atoms with van der Waals surface area (Å²) in [6, 6.07) is 10.3. The molecular weight excluding hydrogens is 745 g/mol. The lowest BCUT2D eigenvalue weighted by Gasteiger charge is -2.49. The minimum atomic E-state index is -5.05. The summed E-state index contributed by atoms with van der Waals surface area (Å²) in [5.41, 5.74) is -0.571. The standard InChI is InChI=1S/C39H36ClF3N4O6S/c1-17-22-13-18(40)7-12-28(22)54-32(17)26-16-29(45(6)44-26)46-34(50)25-15-23-20(9-10-21-30(23)35(51)47(33(21)49)37(2,3)4)31(38(25,5)36(46)52)24-14-19(8-11-27(24)48)53-39(41,42)43/h7-9,11-14,16,21,23,25,30-31,48H,10,15H2,1-6H3/t21-,23+,25-,30-,31+,38+/m0/s1. The normalized spacial score (nSPS) is 27.1. The Morgan fingerprint density at radius 3 is 2.41 bits per heavy atom. The zero-order valence-electron chi connectivity index (χ0n) is 30.1. The number of hydrogen-bond donors (Lipinski definition) is 1. The topological polar surface area (TPSA) is 122 Å². The molecule has 0 radical (unpaired) electrons. The molecule has 0 spiro atoms. The Morgan fingerprint density at radius 2 is 1.72 bits per heavy atom. The molecule has 282 valence electrons. The molecule has 4 amide bonds. The van der Waals surface area contributed by atoms with Crippen molar-refractivity contribution >= 4 is 62.5 Å². The van der Waals surface area contributed by atoms with Crippen LogP contribution in [0.25, 0.3) is 20.7 Å². The highest BCUT2D eigenvalue weighted by Crippen LogP contribution is 2.65. The number of rotatable bonds is 4. The van der Waals surface area contributed by atoms with Crippen LogP contribution in [-0.2, 0) is 26.2 Å². The minimum absolute atomic E-state index is 0.0263. The molecule has 2 aromatic carbocycles. The number of benzene rings is 2. The number of carbonyl (C=O) groups is 4. The number of anilines is 1. The van der Waals surface area contributed by atoms with Crippen molar-refractivity contribution < 1.29 is 42.2 Å². The Bertz CT molecular complexity index is 2360. The van der Waals surface area contributed by atoms with E-state index in [9.17, 15) is 32.7 Å². The van der Waals surface area contributed by atoms with E-state index in [2.05, 4.69) is 4.74 Å². The molecule has 1 saturated carbocycles. The summed E-state index contributed by atoms with van der Waals surface area (Å²) < 4.78 is 47.0. The maximum atomic E-state index is 15.0. The molecule has 4 aliphatic rings. The van der Waals surface area contributed by atoms with Crippen LogP contribution in [0.2, 0.25) is 5.02 Å². The van der Waals surface area contributed by atoms with Gasteiger partial charge in [-0.1, -0.05) is 23.3 Å². The summed E-state index contributed by atoms with van der Waals surface area (Å²) in [6.07, 6.45) is -3.11. The Morgan fingerprint density at radius 1 is 1.00 bits per heavy atom. The van der Waals surface area contributed by atoms with E-state index < -0.39 is 76.1 Å². The quantitative estimate of drug-likeness (QED) is 0.165. The Labute approximate surface area is 317 Å². The van der Waals surface area contributed by atoms with Crippen LogP contribution in [0.5, 0.6) is 11.5 Å². The molecule has 2 saturated heterocycles. The number of halogens is 4. The number of fused-ring (bicyclic) bond motifs is 5. The third-order valence-corrected chi connectivity index (χ3v) is 13.2. The first-order chi connectivity index (χ1) is 25.2. The molecule has 2 aromatic heterocycles. The van der Waals surface area contributed by atoms with Gasteiger partial charge in [-0.2, -0.15) is 5.10 Å². The van der Waals surface area contributed by atoms with E-state index in [1.54, 1.807) is 53.0 Å². The van der Waals surface area contributed by atoms with E-state index in [1.807, 2.05) is 19.1 Å².